The zero-order valence-corrected chi connectivity index (χ0v) is 11.5. The van der Waals surface area contributed by atoms with Gasteiger partial charge in [0.15, 0.2) is 0 Å². The average molecular weight is 245 g/mol. The van der Waals surface area contributed by atoms with E-state index in [9.17, 15) is 5.11 Å². The van der Waals surface area contributed by atoms with Crippen molar-refractivity contribution in [1.82, 2.24) is 9.80 Å². The summed E-state index contributed by atoms with van der Waals surface area (Å²) >= 11 is 0. The molecular formula is C12H27N3O2. The molecule has 17 heavy (non-hydrogen) atoms. The van der Waals surface area contributed by atoms with E-state index in [0.29, 0.717) is 18.7 Å². The number of hydrogen-bond donors (Lipinski definition) is 2. The van der Waals surface area contributed by atoms with Crippen LogP contribution in [0.1, 0.15) is 13.8 Å². The molecule has 0 aliphatic carbocycles. The highest BCUT2D eigenvalue weighted by atomic mass is 16.5. The molecule has 1 fully saturated rings. The highest BCUT2D eigenvalue weighted by Gasteiger charge is 2.32. The minimum Gasteiger partial charge on any atom is -0.395 e. The number of likely N-dealkylation sites (N-methyl/N-ethyl adjacent to an activating group) is 1. The lowest BCUT2D eigenvalue weighted by Gasteiger charge is -2.46. The SMILES string of the molecule is COCC(N)C(CO)N1CC(C)N(C)C(C)C1. The molecule has 102 valence electrons. The molecule has 5 heteroatoms. The van der Waals surface area contributed by atoms with E-state index in [1.807, 2.05) is 0 Å². The number of piperazine rings is 1. The number of nitrogens with two attached hydrogens (primary N) is 1. The molecule has 4 unspecified atom stereocenters. The van der Waals surface area contributed by atoms with Crippen LogP contribution in [0.5, 0.6) is 0 Å². The van der Waals surface area contributed by atoms with Gasteiger partial charge in [-0.25, -0.2) is 0 Å². The molecule has 1 aliphatic rings. The van der Waals surface area contributed by atoms with Crippen LogP contribution in [0.15, 0.2) is 0 Å². The number of nitrogens with zero attached hydrogens (tertiary/aromatic N) is 2. The van der Waals surface area contributed by atoms with Crippen LogP contribution in [0.2, 0.25) is 0 Å². The highest BCUT2D eigenvalue weighted by molar-refractivity contribution is 4.90. The molecule has 0 aromatic rings. The maximum atomic E-state index is 9.52. The van der Waals surface area contributed by atoms with E-state index in [2.05, 4.69) is 30.7 Å². The maximum absolute atomic E-state index is 9.52. The summed E-state index contributed by atoms with van der Waals surface area (Å²) in [5, 5.41) is 9.52. The number of methoxy groups -OCH3 is 1. The summed E-state index contributed by atoms with van der Waals surface area (Å²) in [7, 11) is 3.79. The molecule has 0 radical (unpaired) electrons. The van der Waals surface area contributed by atoms with Gasteiger partial charge in [-0.1, -0.05) is 0 Å². The molecule has 5 nitrogen and oxygen atoms in total. The van der Waals surface area contributed by atoms with E-state index in [0.717, 1.165) is 13.1 Å². The average Bonchev–Trinajstić information content (AvgIpc) is 2.27. The minimum absolute atomic E-state index is 0.00597. The number of hydrogen-bond acceptors (Lipinski definition) is 5. The first-order valence-electron chi connectivity index (χ1n) is 6.32. The third kappa shape index (κ3) is 3.63. The lowest BCUT2D eigenvalue weighted by Crippen LogP contribution is -2.62. The Morgan fingerprint density at radius 1 is 1.35 bits per heavy atom. The number of aliphatic hydroxyl groups is 1. The topological polar surface area (TPSA) is 62.0 Å². The Kier molecular flexibility index (Phi) is 5.82. The van der Waals surface area contributed by atoms with Crippen LogP contribution in [0.4, 0.5) is 0 Å². The van der Waals surface area contributed by atoms with Gasteiger partial charge in [-0.3, -0.25) is 9.80 Å². The molecule has 1 saturated heterocycles. The Labute approximate surface area is 105 Å². The number of aliphatic hydroxyl groups excluding tert-OH is 1. The van der Waals surface area contributed by atoms with Gasteiger partial charge in [0.2, 0.25) is 0 Å². The molecule has 3 N–H and O–H groups in total. The summed E-state index contributed by atoms with van der Waals surface area (Å²) in [6.45, 7) is 6.89. The highest BCUT2D eigenvalue weighted by Crippen LogP contribution is 2.16. The molecule has 0 aromatic heterocycles. The molecule has 0 saturated carbocycles. The molecule has 1 rings (SSSR count). The number of rotatable bonds is 5. The summed E-state index contributed by atoms with van der Waals surface area (Å²) in [6.07, 6.45) is 0. The van der Waals surface area contributed by atoms with E-state index < -0.39 is 0 Å². The Bertz CT molecular complexity index is 216. The lowest BCUT2D eigenvalue weighted by molar-refractivity contribution is -0.00140. The zero-order chi connectivity index (χ0) is 13.0. The lowest BCUT2D eigenvalue weighted by atomic mass is 10.0. The second-order valence-electron chi connectivity index (χ2n) is 5.19. The van der Waals surface area contributed by atoms with E-state index >= 15 is 0 Å². The zero-order valence-electron chi connectivity index (χ0n) is 11.5. The van der Waals surface area contributed by atoms with Crippen molar-refractivity contribution in [3.05, 3.63) is 0 Å². The quantitative estimate of drug-likeness (QED) is 0.674. The van der Waals surface area contributed by atoms with Crippen LogP contribution in [0.3, 0.4) is 0 Å². The summed E-state index contributed by atoms with van der Waals surface area (Å²) in [4.78, 5) is 4.66. The molecular weight excluding hydrogens is 218 g/mol. The van der Waals surface area contributed by atoms with Gasteiger partial charge < -0.3 is 15.6 Å². The monoisotopic (exact) mass is 245 g/mol. The first-order valence-corrected chi connectivity index (χ1v) is 6.32. The Morgan fingerprint density at radius 2 is 1.88 bits per heavy atom. The van der Waals surface area contributed by atoms with Crippen molar-refractivity contribution in [3.63, 3.8) is 0 Å². The summed E-state index contributed by atoms with van der Waals surface area (Å²) in [5.74, 6) is 0. The predicted octanol–water partition coefficient (Wildman–Crippen LogP) is -0.655. The van der Waals surface area contributed by atoms with Gasteiger partial charge in [0, 0.05) is 38.3 Å². The van der Waals surface area contributed by atoms with Crippen molar-refractivity contribution in [2.24, 2.45) is 5.73 Å². The van der Waals surface area contributed by atoms with Gasteiger partial charge >= 0.3 is 0 Å². The standard InChI is InChI=1S/C12H27N3O2/c1-9-5-15(6-10(2)14(9)3)12(7-16)11(13)8-17-4/h9-12,16H,5-8,13H2,1-4H3. The second-order valence-corrected chi connectivity index (χ2v) is 5.19. The van der Waals surface area contributed by atoms with E-state index in [1.54, 1.807) is 7.11 Å². The fourth-order valence-electron chi connectivity index (χ4n) is 2.54. The van der Waals surface area contributed by atoms with E-state index in [1.165, 1.54) is 0 Å². The van der Waals surface area contributed by atoms with Gasteiger partial charge in [0.1, 0.15) is 0 Å². The van der Waals surface area contributed by atoms with Crippen LogP contribution in [0, 0.1) is 0 Å². The Balaban J connectivity index is 2.63. The maximum Gasteiger partial charge on any atom is 0.0629 e. The molecule has 0 spiro atoms. The van der Waals surface area contributed by atoms with Crippen molar-refractivity contribution >= 4 is 0 Å². The van der Waals surface area contributed by atoms with Gasteiger partial charge in [-0.15, -0.1) is 0 Å². The Hall–Kier alpha value is -0.200. The second kappa shape index (κ2) is 6.66. The van der Waals surface area contributed by atoms with Crippen molar-refractivity contribution in [2.75, 3.05) is 40.5 Å². The van der Waals surface area contributed by atoms with Crippen LogP contribution >= 0.6 is 0 Å². The fourth-order valence-corrected chi connectivity index (χ4v) is 2.54. The van der Waals surface area contributed by atoms with Crippen LogP contribution < -0.4 is 5.73 Å². The summed E-state index contributed by atoms with van der Waals surface area (Å²) in [5.41, 5.74) is 6.06. The van der Waals surface area contributed by atoms with E-state index in [-0.39, 0.29) is 18.7 Å². The molecule has 4 atom stereocenters. The molecule has 0 aromatic carbocycles. The summed E-state index contributed by atoms with van der Waals surface area (Å²) < 4.78 is 5.08. The van der Waals surface area contributed by atoms with Crippen LogP contribution in [-0.2, 0) is 4.74 Å². The van der Waals surface area contributed by atoms with Gasteiger partial charge in [-0.05, 0) is 20.9 Å². The van der Waals surface area contributed by atoms with E-state index in [4.69, 9.17) is 10.5 Å². The van der Waals surface area contributed by atoms with Gasteiger partial charge in [-0.2, -0.15) is 0 Å². The third-order valence-corrected chi connectivity index (χ3v) is 3.90. The molecule has 0 amide bonds. The van der Waals surface area contributed by atoms with Crippen LogP contribution in [-0.4, -0.2) is 79.5 Å². The van der Waals surface area contributed by atoms with Crippen molar-refractivity contribution in [3.8, 4) is 0 Å². The molecule has 1 heterocycles. The Morgan fingerprint density at radius 3 is 2.29 bits per heavy atom. The van der Waals surface area contributed by atoms with Gasteiger partial charge in [0.25, 0.3) is 0 Å². The summed E-state index contributed by atoms with van der Waals surface area (Å²) in [6, 6.07) is 0.839. The smallest absolute Gasteiger partial charge is 0.0629 e. The minimum atomic E-state index is -0.132. The first-order chi connectivity index (χ1) is 8.01. The largest absolute Gasteiger partial charge is 0.395 e. The van der Waals surface area contributed by atoms with Crippen molar-refractivity contribution in [2.45, 2.75) is 38.0 Å². The molecule has 1 aliphatic heterocycles. The fraction of sp³-hybridized carbons (Fsp3) is 1.00. The van der Waals surface area contributed by atoms with Gasteiger partial charge in [0.05, 0.1) is 19.3 Å². The normalized spacial score (nSPS) is 31.4. The molecule has 0 bridgehead atoms. The van der Waals surface area contributed by atoms with Crippen LogP contribution in [0.25, 0.3) is 0 Å². The first kappa shape index (κ1) is 14.9. The van der Waals surface area contributed by atoms with Crippen molar-refractivity contribution in [1.29, 1.82) is 0 Å². The van der Waals surface area contributed by atoms with Crippen molar-refractivity contribution < 1.29 is 9.84 Å². The predicted molar refractivity (Wildman–Crippen MR) is 69.0 cm³/mol. The number of ether oxygens (including phenoxy) is 1. The third-order valence-electron chi connectivity index (χ3n) is 3.90.